The Kier molecular flexibility index (Phi) is 14.3. The number of nitrogens with one attached hydrogen (secondary N) is 2. The molecule has 2 heterocycles. The highest BCUT2D eigenvalue weighted by Crippen LogP contribution is 2.33. The van der Waals surface area contributed by atoms with Crippen molar-refractivity contribution in [1.82, 2.24) is 20.2 Å². The van der Waals surface area contributed by atoms with E-state index in [0.29, 0.717) is 57.4 Å². The van der Waals surface area contributed by atoms with Crippen molar-refractivity contribution in [2.75, 3.05) is 43.5 Å². The minimum atomic E-state index is -0.861. The monoisotopic (exact) mass is 748 g/mol. The van der Waals surface area contributed by atoms with Crippen molar-refractivity contribution < 1.29 is 28.7 Å². The number of rotatable bonds is 19. The average Bonchev–Trinajstić information content (AvgIpc) is 3.22. The summed E-state index contributed by atoms with van der Waals surface area (Å²) < 4.78 is 12.1. The van der Waals surface area contributed by atoms with Crippen LogP contribution < -0.4 is 25.0 Å². The number of piperidine rings is 1. The number of anilines is 2. The molecule has 1 aromatic heterocycles. The lowest BCUT2D eigenvalue weighted by molar-refractivity contribution is -0.128. The van der Waals surface area contributed by atoms with Gasteiger partial charge in [0.15, 0.2) is 6.29 Å². The summed E-state index contributed by atoms with van der Waals surface area (Å²) in [6.45, 7) is 9.53. The van der Waals surface area contributed by atoms with E-state index >= 15 is 0 Å². The second-order valence-electron chi connectivity index (χ2n) is 14.2. The van der Waals surface area contributed by atoms with E-state index in [1.165, 1.54) is 31.2 Å². The minimum Gasteiger partial charge on any atom is -0.494 e. The fraction of sp³-hybridized carbons (Fsp3) is 0.395. The van der Waals surface area contributed by atoms with Gasteiger partial charge in [-0.1, -0.05) is 63.6 Å². The molecular weight excluding hydrogens is 697 g/mol. The van der Waals surface area contributed by atoms with Crippen molar-refractivity contribution in [2.45, 2.75) is 77.4 Å². The zero-order chi connectivity index (χ0) is 39.2. The van der Waals surface area contributed by atoms with Gasteiger partial charge in [0, 0.05) is 49.5 Å². The lowest BCUT2D eigenvalue weighted by Crippen LogP contribution is -2.47. The van der Waals surface area contributed by atoms with Gasteiger partial charge in [-0.05, 0) is 79.6 Å². The molecule has 0 radical (unpaired) electrons. The summed E-state index contributed by atoms with van der Waals surface area (Å²) in [5, 5.41) is 5.40. The molecule has 12 heteroatoms. The third kappa shape index (κ3) is 10.5. The number of amides is 3. The van der Waals surface area contributed by atoms with Crippen molar-refractivity contribution in [2.24, 2.45) is 0 Å². The molecular formula is C43H52N6O6. The Morgan fingerprint density at radius 1 is 0.927 bits per heavy atom. The maximum Gasteiger partial charge on any atom is 0.257 e. The van der Waals surface area contributed by atoms with Gasteiger partial charge in [-0.2, -0.15) is 0 Å². The fourth-order valence-electron chi connectivity index (χ4n) is 6.76. The van der Waals surface area contributed by atoms with Crippen LogP contribution in [-0.4, -0.2) is 78.7 Å². The molecule has 0 saturated carbocycles. The van der Waals surface area contributed by atoms with Gasteiger partial charge in [0.25, 0.3) is 5.91 Å². The SMILES string of the molecule is CCCC(C(=O)NC=O)N(C)C(=O)c1c(C=O)cccc1NCCCOc1ccc(C(C)(C)c2ccc(OCc3ccnc(N4CCCCC4)n3)cc2)cc1. The highest BCUT2D eigenvalue weighted by molar-refractivity contribution is 6.07. The second-order valence-corrected chi connectivity index (χ2v) is 14.2. The Morgan fingerprint density at radius 3 is 2.24 bits per heavy atom. The van der Waals surface area contributed by atoms with Crippen LogP contribution in [0, 0.1) is 0 Å². The number of benzene rings is 3. The first-order valence-corrected chi connectivity index (χ1v) is 19.0. The zero-order valence-electron chi connectivity index (χ0n) is 32.3. The van der Waals surface area contributed by atoms with Gasteiger partial charge in [0.05, 0.1) is 17.9 Å². The first-order chi connectivity index (χ1) is 26.7. The van der Waals surface area contributed by atoms with Crippen LogP contribution in [0.2, 0.25) is 0 Å². The van der Waals surface area contributed by atoms with Gasteiger partial charge >= 0.3 is 0 Å². The molecule has 1 atom stereocenters. The first kappa shape index (κ1) is 40.4. The van der Waals surface area contributed by atoms with Crippen molar-refractivity contribution in [3.05, 3.63) is 107 Å². The molecule has 0 bridgehead atoms. The number of carbonyl (C=O) groups excluding carboxylic acids is 4. The molecule has 55 heavy (non-hydrogen) atoms. The van der Waals surface area contributed by atoms with Gasteiger partial charge in [-0.3, -0.25) is 24.5 Å². The van der Waals surface area contributed by atoms with Gasteiger partial charge < -0.3 is 24.6 Å². The maximum atomic E-state index is 13.6. The second kappa shape index (κ2) is 19.5. The average molecular weight is 749 g/mol. The Labute approximate surface area is 323 Å². The molecule has 0 spiro atoms. The van der Waals surface area contributed by atoms with E-state index in [9.17, 15) is 19.2 Å². The highest BCUT2D eigenvalue weighted by Gasteiger charge is 2.29. The number of carbonyl (C=O) groups is 4. The van der Waals surface area contributed by atoms with Crippen molar-refractivity contribution >= 4 is 36.1 Å². The van der Waals surface area contributed by atoms with Crippen LogP contribution in [-0.2, 0) is 21.6 Å². The van der Waals surface area contributed by atoms with E-state index in [4.69, 9.17) is 14.5 Å². The predicted molar refractivity (Wildman–Crippen MR) is 213 cm³/mol. The molecule has 3 amide bonds. The number of ether oxygens (including phenoxy) is 2. The molecule has 3 aromatic carbocycles. The largest absolute Gasteiger partial charge is 0.494 e. The molecule has 1 unspecified atom stereocenters. The van der Waals surface area contributed by atoms with Gasteiger partial charge in [-0.25, -0.2) is 9.97 Å². The Morgan fingerprint density at radius 2 is 1.60 bits per heavy atom. The number of nitrogens with zero attached hydrogens (tertiary/aromatic N) is 4. The van der Waals surface area contributed by atoms with Crippen LogP contribution in [0.3, 0.4) is 0 Å². The third-order valence-electron chi connectivity index (χ3n) is 10.1. The van der Waals surface area contributed by atoms with Crippen LogP contribution in [0.15, 0.2) is 79.0 Å². The maximum absolute atomic E-state index is 13.6. The summed E-state index contributed by atoms with van der Waals surface area (Å²) in [5.41, 5.74) is 3.75. The standard InChI is InChI=1S/C43H52N6O6/c1-5-11-38(40(52)46-30-51)48(4)41(53)39-31(28-50)12-9-13-37(39)44-23-10-27-54-35-18-14-32(15-19-35)43(2,3)33-16-20-36(21-17-33)55-29-34-22-24-45-42(47-34)49-25-7-6-8-26-49/h9,12-22,24,28,30,38,44H,5-8,10-11,23,25-27,29H2,1-4H3,(H,46,51,52). The Balaban J connectivity index is 1.12. The summed E-state index contributed by atoms with van der Waals surface area (Å²) in [7, 11) is 1.50. The van der Waals surface area contributed by atoms with Crippen LogP contribution in [0.25, 0.3) is 0 Å². The molecule has 1 aliphatic heterocycles. The Hall–Kier alpha value is -5.78. The van der Waals surface area contributed by atoms with E-state index < -0.39 is 17.9 Å². The number of aldehydes is 1. The van der Waals surface area contributed by atoms with E-state index in [0.717, 1.165) is 47.4 Å². The topological polar surface area (TPSA) is 143 Å². The van der Waals surface area contributed by atoms with Crippen molar-refractivity contribution in [3.63, 3.8) is 0 Å². The van der Waals surface area contributed by atoms with Crippen LogP contribution >= 0.6 is 0 Å². The third-order valence-corrected chi connectivity index (χ3v) is 10.1. The van der Waals surface area contributed by atoms with E-state index in [1.54, 1.807) is 24.4 Å². The lowest BCUT2D eigenvalue weighted by atomic mass is 9.78. The van der Waals surface area contributed by atoms with Crippen LogP contribution in [0.5, 0.6) is 11.5 Å². The van der Waals surface area contributed by atoms with Crippen LogP contribution in [0.4, 0.5) is 11.6 Å². The van der Waals surface area contributed by atoms with E-state index in [2.05, 4.69) is 58.6 Å². The Bertz CT molecular complexity index is 1890. The van der Waals surface area contributed by atoms with Crippen molar-refractivity contribution in [3.8, 4) is 11.5 Å². The highest BCUT2D eigenvalue weighted by atomic mass is 16.5. The summed E-state index contributed by atoms with van der Waals surface area (Å²) in [5.74, 6) is 1.24. The van der Waals surface area contributed by atoms with Gasteiger partial charge in [0.1, 0.15) is 24.1 Å². The normalized spacial score (nSPS) is 13.3. The molecule has 2 N–H and O–H groups in total. The molecule has 12 nitrogen and oxygen atoms in total. The number of imide groups is 1. The smallest absolute Gasteiger partial charge is 0.257 e. The molecule has 4 aromatic rings. The van der Waals surface area contributed by atoms with Gasteiger partial charge in [-0.15, -0.1) is 0 Å². The lowest BCUT2D eigenvalue weighted by Gasteiger charge is -2.27. The molecule has 5 rings (SSSR count). The number of aromatic nitrogens is 2. The number of likely N-dealkylation sites (N-methyl/N-ethyl adjacent to an activating group) is 1. The summed E-state index contributed by atoms with van der Waals surface area (Å²) in [4.78, 5) is 61.6. The van der Waals surface area contributed by atoms with E-state index in [-0.39, 0.29) is 16.5 Å². The van der Waals surface area contributed by atoms with E-state index in [1.807, 2.05) is 37.3 Å². The molecule has 0 aliphatic carbocycles. The molecule has 290 valence electrons. The molecule has 1 saturated heterocycles. The fourth-order valence-corrected chi connectivity index (χ4v) is 6.76. The number of hydrogen-bond acceptors (Lipinski definition) is 10. The molecule has 1 fully saturated rings. The van der Waals surface area contributed by atoms with Crippen LogP contribution in [0.1, 0.15) is 96.8 Å². The summed E-state index contributed by atoms with van der Waals surface area (Å²) >= 11 is 0. The van der Waals surface area contributed by atoms with Gasteiger partial charge in [0.2, 0.25) is 18.3 Å². The zero-order valence-corrected chi connectivity index (χ0v) is 32.3. The molecule has 1 aliphatic rings. The summed E-state index contributed by atoms with van der Waals surface area (Å²) in [6.07, 6.45) is 7.94. The predicted octanol–water partition coefficient (Wildman–Crippen LogP) is 6.58. The van der Waals surface area contributed by atoms with Crippen molar-refractivity contribution in [1.29, 1.82) is 0 Å². The summed E-state index contributed by atoms with van der Waals surface area (Å²) in [6, 6.07) is 22.3. The number of hydrogen-bond donors (Lipinski definition) is 2. The minimum absolute atomic E-state index is 0.171. The quantitative estimate of drug-likeness (QED) is 0.0798. The first-order valence-electron chi connectivity index (χ1n) is 19.0.